The van der Waals surface area contributed by atoms with Gasteiger partial charge in [-0.05, 0) is 31.0 Å². The summed E-state index contributed by atoms with van der Waals surface area (Å²) in [5.41, 5.74) is -1.38. The molecule has 1 aliphatic rings. The highest BCUT2D eigenvalue weighted by Gasteiger charge is 2.36. The number of hydrogen-bond donors (Lipinski definition) is 1. The maximum absolute atomic E-state index is 13.5. The van der Waals surface area contributed by atoms with E-state index in [0.717, 1.165) is 12.5 Å². The number of nitrogens with one attached hydrogen (secondary N) is 1. The summed E-state index contributed by atoms with van der Waals surface area (Å²) < 4.78 is 46.3. The van der Waals surface area contributed by atoms with Gasteiger partial charge in [-0.15, -0.1) is 0 Å². The number of fused-ring (bicyclic) bond motifs is 1. The Bertz CT molecular complexity index is 1080. The van der Waals surface area contributed by atoms with Crippen molar-refractivity contribution < 1.29 is 27.2 Å². The second-order valence-electron chi connectivity index (χ2n) is 6.90. The fourth-order valence-corrected chi connectivity index (χ4v) is 3.34. The maximum atomic E-state index is 13.5. The first-order valence-corrected chi connectivity index (χ1v) is 9.41. The molecule has 0 aromatic carbocycles. The predicted octanol–water partition coefficient (Wildman–Crippen LogP) is 2.75. The highest BCUT2D eigenvalue weighted by molar-refractivity contribution is 5.93. The van der Waals surface area contributed by atoms with E-state index in [2.05, 4.69) is 15.4 Å². The van der Waals surface area contributed by atoms with Gasteiger partial charge in [0.15, 0.2) is 22.8 Å². The number of hydrogen-bond acceptors (Lipinski definition) is 5. The minimum atomic E-state index is -4.70. The lowest BCUT2D eigenvalue weighted by molar-refractivity contribution is -0.142. The summed E-state index contributed by atoms with van der Waals surface area (Å²) in [6.45, 7) is 1.51. The Morgan fingerprint density at radius 1 is 1.30 bits per heavy atom. The molecule has 3 aromatic rings. The van der Waals surface area contributed by atoms with Crippen LogP contribution in [0, 0.1) is 0 Å². The molecule has 3 aromatic heterocycles. The molecule has 11 heteroatoms. The Balaban J connectivity index is 1.51. The van der Waals surface area contributed by atoms with Crippen molar-refractivity contribution in [3.8, 4) is 11.5 Å². The molecule has 1 N–H and O–H groups in total. The molecular formula is C19H18F3N5O3. The number of aromatic nitrogens is 3. The Labute approximate surface area is 168 Å². The van der Waals surface area contributed by atoms with E-state index in [4.69, 9.17) is 4.42 Å². The van der Waals surface area contributed by atoms with E-state index in [1.54, 1.807) is 11.0 Å². The first kappa shape index (κ1) is 19.9. The van der Waals surface area contributed by atoms with Gasteiger partial charge in [0, 0.05) is 32.1 Å². The molecule has 1 fully saturated rings. The van der Waals surface area contributed by atoms with Crippen molar-refractivity contribution in [2.75, 3.05) is 19.6 Å². The average molecular weight is 421 g/mol. The normalized spacial score (nSPS) is 14.6. The molecule has 1 aliphatic heterocycles. The minimum absolute atomic E-state index is 0.0121. The Morgan fingerprint density at radius 2 is 2.13 bits per heavy atom. The Hall–Kier alpha value is -3.37. The molecule has 0 saturated carbocycles. The van der Waals surface area contributed by atoms with Gasteiger partial charge >= 0.3 is 6.18 Å². The third kappa shape index (κ3) is 4.00. The van der Waals surface area contributed by atoms with E-state index >= 15 is 0 Å². The van der Waals surface area contributed by atoms with E-state index in [1.807, 2.05) is 0 Å². The zero-order chi connectivity index (χ0) is 21.3. The summed E-state index contributed by atoms with van der Waals surface area (Å²) in [6.07, 6.45) is -1.45. The second-order valence-corrected chi connectivity index (χ2v) is 6.90. The summed E-state index contributed by atoms with van der Waals surface area (Å²) in [7, 11) is 0. The average Bonchev–Trinajstić information content (AvgIpc) is 3.44. The highest BCUT2D eigenvalue weighted by atomic mass is 19.4. The van der Waals surface area contributed by atoms with Gasteiger partial charge in [-0.1, -0.05) is 0 Å². The van der Waals surface area contributed by atoms with Crippen LogP contribution in [0.2, 0.25) is 0 Å². The van der Waals surface area contributed by atoms with E-state index in [0.29, 0.717) is 30.4 Å². The molecule has 8 nitrogen and oxygen atoms in total. The van der Waals surface area contributed by atoms with Gasteiger partial charge in [-0.25, -0.2) is 9.50 Å². The zero-order valence-corrected chi connectivity index (χ0v) is 15.8. The maximum Gasteiger partial charge on any atom is 0.433 e. The molecule has 0 atom stereocenters. The van der Waals surface area contributed by atoms with E-state index in [1.165, 1.54) is 18.4 Å². The number of carbonyl (C=O) groups is 2. The molecule has 4 rings (SSSR count). The predicted molar refractivity (Wildman–Crippen MR) is 98.5 cm³/mol. The lowest BCUT2D eigenvalue weighted by Gasteiger charge is -2.14. The third-order valence-corrected chi connectivity index (χ3v) is 4.79. The first-order valence-electron chi connectivity index (χ1n) is 9.41. The van der Waals surface area contributed by atoms with Gasteiger partial charge in [0.2, 0.25) is 5.91 Å². The van der Waals surface area contributed by atoms with Crippen LogP contribution in [0.4, 0.5) is 13.2 Å². The minimum Gasteiger partial charge on any atom is -0.463 e. The second kappa shape index (κ2) is 7.81. The molecule has 0 spiro atoms. The summed E-state index contributed by atoms with van der Waals surface area (Å²) in [5.74, 6) is -0.340. The molecule has 4 heterocycles. The number of nitrogens with zero attached hydrogens (tertiary/aromatic N) is 4. The van der Waals surface area contributed by atoms with Gasteiger partial charge in [0.25, 0.3) is 5.91 Å². The molecule has 0 radical (unpaired) electrons. The molecular weight excluding hydrogens is 403 g/mol. The zero-order valence-electron chi connectivity index (χ0n) is 15.8. The van der Waals surface area contributed by atoms with Gasteiger partial charge in [0.1, 0.15) is 5.69 Å². The molecule has 0 aliphatic carbocycles. The number of rotatable bonds is 6. The van der Waals surface area contributed by atoms with Crippen LogP contribution < -0.4 is 5.32 Å². The number of alkyl halides is 3. The van der Waals surface area contributed by atoms with E-state index in [9.17, 15) is 22.8 Å². The Morgan fingerprint density at radius 3 is 2.80 bits per heavy atom. The van der Waals surface area contributed by atoms with Crippen molar-refractivity contribution in [3.05, 3.63) is 41.9 Å². The summed E-state index contributed by atoms with van der Waals surface area (Å²) in [4.78, 5) is 29.8. The van der Waals surface area contributed by atoms with Gasteiger partial charge in [0.05, 0.1) is 6.26 Å². The van der Waals surface area contributed by atoms with Crippen LogP contribution in [0.5, 0.6) is 0 Å². The number of amides is 2. The number of furan rings is 1. The van der Waals surface area contributed by atoms with Crippen LogP contribution in [-0.2, 0) is 11.0 Å². The van der Waals surface area contributed by atoms with Crippen LogP contribution in [-0.4, -0.2) is 50.9 Å². The first-order chi connectivity index (χ1) is 14.3. The van der Waals surface area contributed by atoms with E-state index in [-0.39, 0.29) is 35.2 Å². The van der Waals surface area contributed by atoms with Crippen LogP contribution >= 0.6 is 0 Å². The number of halogens is 3. The summed E-state index contributed by atoms with van der Waals surface area (Å²) >= 11 is 0. The molecule has 1 saturated heterocycles. The third-order valence-electron chi connectivity index (χ3n) is 4.79. The molecule has 0 unspecified atom stereocenters. The van der Waals surface area contributed by atoms with Crippen molar-refractivity contribution in [1.82, 2.24) is 24.8 Å². The fraction of sp³-hybridized carbons (Fsp3) is 0.368. The van der Waals surface area contributed by atoms with Gasteiger partial charge in [-0.3, -0.25) is 9.59 Å². The van der Waals surface area contributed by atoms with Crippen LogP contribution in [0.25, 0.3) is 17.1 Å². The van der Waals surface area contributed by atoms with Crippen molar-refractivity contribution in [1.29, 1.82) is 0 Å². The van der Waals surface area contributed by atoms with Crippen molar-refractivity contribution in [2.45, 2.75) is 25.4 Å². The SMILES string of the molecule is O=C(NCCCN1CCCC1=O)c1cc2nc(-c3ccco3)cc(C(F)(F)F)n2n1. The van der Waals surface area contributed by atoms with Crippen LogP contribution in [0.1, 0.15) is 35.4 Å². The van der Waals surface area contributed by atoms with Crippen molar-refractivity contribution in [2.24, 2.45) is 0 Å². The lowest BCUT2D eigenvalue weighted by Crippen LogP contribution is -2.30. The largest absolute Gasteiger partial charge is 0.463 e. The smallest absolute Gasteiger partial charge is 0.433 e. The van der Waals surface area contributed by atoms with Gasteiger partial charge < -0.3 is 14.6 Å². The molecule has 30 heavy (non-hydrogen) atoms. The number of carbonyl (C=O) groups excluding carboxylic acids is 2. The summed E-state index contributed by atoms with van der Waals surface area (Å²) in [6, 6.07) is 5.06. The molecule has 158 valence electrons. The van der Waals surface area contributed by atoms with Crippen molar-refractivity contribution in [3.63, 3.8) is 0 Å². The fourth-order valence-electron chi connectivity index (χ4n) is 3.34. The van der Waals surface area contributed by atoms with Crippen LogP contribution in [0.15, 0.2) is 34.9 Å². The standard InChI is InChI=1S/C19H18F3N5O3/c20-19(21,22)15-10-12(14-4-2-9-30-14)24-16-11-13(25-27(15)16)18(29)23-6-3-8-26-7-1-5-17(26)28/h2,4,9-11H,1,3,5-8H2,(H,23,29). The molecule has 2 amide bonds. The van der Waals surface area contributed by atoms with Gasteiger partial charge in [-0.2, -0.15) is 18.3 Å². The Kier molecular flexibility index (Phi) is 5.18. The quantitative estimate of drug-likeness (QED) is 0.618. The monoisotopic (exact) mass is 421 g/mol. The molecule has 0 bridgehead atoms. The number of likely N-dealkylation sites (tertiary alicyclic amines) is 1. The highest BCUT2D eigenvalue weighted by Crippen LogP contribution is 2.32. The topological polar surface area (TPSA) is 92.7 Å². The van der Waals surface area contributed by atoms with E-state index < -0.39 is 17.8 Å². The summed E-state index contributed by atoms with van der Waals surface area (Å²) in [5, 5.41) is 6.42. The lowest BCUT2D eigenvalue weighted by atomic mass is 10.2. The van der Waals surface area contributed by atoms with Crippen LogP contribution in [0.3, 0.4) is 0 Å². The van der Waals surface area contributed by atoms with Crippen molar-refractivity contribution >= 4 is 17.5 Å².